The molecule has 0 saturated heterocycles. The van der Waals surface area contributed by atoms with Gasteiger partial charge in [-0.05, 0) is 62.4 Å². The van der Waals surface area contributed by atoms with Gasteiger partial charge in [-0.3, -0.25) is 9.59 Å². The number of amides is 2. The summed E-state index contributed by atoms with van der Waals surface area (Å²) >= 11 is 1.21. The second kappa shape index (κ2) is 11.8. The molecule has 2 amide bonds. The lowest BCUT2D eigenvalue weighted by molar-refractivity contribution is -0.114. The molecular formula is C21H24N2O5S. The van der Waals surface area contributed by atoms with Gasteiger partial charge in [0.25, 0.3) is 0 Å². The molecule has 2 aromatic carbocycles. The minimum atomic E-state index is -0.403. The van der Waals surface area contributed by atoms with Crippen LogP contribution in [0.5, 0.6) is 5.75 Å². The molecule has 0 aliphatic rings. The van der Waals surface area contributed by atoms with Gasteiger partial charge in [-0.2, -0.15) is 0 Å². The van der Waals surface area contributed by atoms with Crippen LogP contribution in [0.15, 0.2) is 48.5 Å². The molecule has 0 heterocycles. The number of anilines is 2. The number of ether oxygens (including phenoxy) is 2. The standard InChI is InChI=1S/C21H24N2O5S/c1-3-27-18-11-9-17(10-12-18)23-20(25)14-29-13-19(24)22-16-7-5-15(6-8-16)21(26)28-4-2/h5-12H,3-4,13-14H2,1-2H3,(H,22,24)(H,23,25). The Kier molecular flexibility index (Phi) is 9.04. The molecule has 0 radical (unpaired) electrons. The van der Waals surface area contributed by atoms with E-state index in [2.05, 4.69) is 10.6 Å². The highest BCUT2D eigenvalue weighted by Gasteiger charge is 2.09. The van der Waals surface area contributed by atoms with Crippen LogP contribution >= 0.6 is 11.8 Å². The zero-order chi connectivity index (χ0) is 21.1. The van der Waals surface area contributed by atoms with Gasteiger partial charge in [0.05, 0.1) is 30.3 Å². The molecule has 0 atom stereocenters. The molecular weight excluding hydrogens is 392 g/mol. The minimum absolute atomic E-state index is 0.135. The van der Waals surface area contributed by atoms with Crippen LogP contribution in [0.25, 0.3) is 0 Å². The van der Waals surface area contributed by atoms with Gasteiger partial charge in [-0.25, -0.2) is 4.79 Å². The summed E-state index contributed by atoms with van der Waals surface area (Å²) in [6, 6.07) is 13.5. The average Bonchev–Trinajstić information content (AvgIpc) is 2.70. The highest BCUT2D eigenvalue weighted by atomic mass is 32.2. The van der Waals surface area contributed by atoms with Crippen molar-refractivity contribution < 1.29 is 23.9 Å². The van der Waals surface area contributed by atoms with Gasteiger partial charge in [0.15, 0.2) is 0 Å². The normalized spacial score (nSPS) is 10.1. The Hall–Kier alpha value is -3.00. The number of esters is 1. The van der Waals surface area contributed by atoms with Gasteiger partial charge < -0.3 is 20.1 Å². The van der Waals surface area contributed by atoms with Crippen molar-refractivity contribution in [3.63, 3.8) is 0 Å². The predicted octanol–water partition coefficient (Wildman–Crippen LogP) is 3.57. The van der Waals surface area contributed by atoms with Crippen LogP contribution in [-0.4, -0.2) is 42.5 Å². The first-order chi connectivity index (χ1) is 14.0. The maximum absolute atomic E-state index is 12.0. The lowest BCUT2D eigenvalue weighted by Crippen LogP contribution is -2.18. The van der Waals surface area contributed by atoms with Crippen molar-refractivity contribution in [3.05, 3.63) is 54.1 Å². The van der Waals surface area contributed by atoms with E-state index < -0.39 is 5.97 Å². The Morgan fingerprint density at radius 1 is 0.793 bits per heavy atom. The first kappa shape index (κ1) is 22.3. The first-order valence-electron chi connectivity index (χ1n) is 9.19. The molecule has 0 saturated carbocycles. The van der Waals surface area contributed by atoms with Gasteiger partial charge >= 0.3 is 5.97 Å². The van der Waals surface area contributed by atoms with Crippen molar-refractivity contribution in [2.45, 2.75) is 13.8 Å². The van der Waals surface area contributed by atoms with E-state index in [1.54, 1.807) is 55.5 Å². The second-order valence-corrected chi connectivity index (χ2v) is 6.83. The van der Waals surface area contributed by atoms with Crippen molar-refractivity contribution >= 4 is 40.9 Å². The number of nitrogens with one attached hydrogen (secondary N) is 2. The van der Waals surface area contributed by atoms with E-state index in [4.69, 9.17) is 9.47 Å². The van der Waals surface area contributed by atoms with Gasteiger partial charge in [0.2, 0.25) is 11.8 Å². The minimum Gasteiger partial charge on any atom is -0.494 e. The maximum Gasteiger partial charge on any atom is 0.338 e. The van der Waals surface area contributed by atoms with Crippen LogP contribution in [0.1, 0.15) is 24.2 Å². The first-order valence-corrected chi connectivity index (χ1v) is 10.3. The molecule has 2 N–H and O–H groups in total. The number of carbonyl (C=O) groups excluding carboxylic acids is 3. The van der Waals surface area contributed by atoms with Crippen LogP contribution < -0.4 is 15.4 Å². The summed E-state index contributed by atoms with van der Waals surface area (Å²) in [5.41, 5.74) is 1.66. The summed E-state index contributed by atoms with van der Waals surface area (Å²) in [7, 11) is 0. The fourth-order valence-electron chi connectivity index (χ4n) is 2.34. The maximum atomic E-state index is 12.0. The molecule has 29 heavy (non-hydrogen) atoms. The molecule has 0 aromatic heterocycles. The van der Waals surface area contributed by atoms with E-state index in [-0.39, 0.29) is 23.3 Å². The van der Waals surface area contributed by atoms with E-state index in [0.29, 0.717) is 30.2 Å². The summed E-state index contributed by atoms with van der Waals surface area (Å²) < 4.78 is 10.3. The number of thioether (sulfide) groups is 1. The Morgan fingerprint density at radius 2 is 1.31 bits per heavy atom. The molecule has 2 rings (SSSR count). The Bertz CT molecular complexity index is 822. The summed E-state index contributed by atoms with van der Waals surface area (Å²) in [5, 5.41) is 5.50. The number of carbonyl (C=O) groups is 3. The second-order valence-electron chi connectivity index (χ2n) is 5.84. The zero-order valence-electron chi connectivity index (χ0n) is 16.4. The lowest BCUT2D eigenvalue weighted by atomic mass is 10.2. The van der Waals surface area contributed by atoms with Crippen LogP contribution in [-0.2, 0) is 14.3 Å². The third-order valence-electron chi connectivity index (χ3n) is 3.60. The summed E-state index contributed by atoms with van der Waals surface area (Å²) in [4.78, 5) is 35.6. The topological polar surface area (TPSA) is 93.7 Å². The van der Waals surface area contributed by atoms with Crippen molar-refractivity contribution in [1.82, 2.24) is 0 Å². The van der Waals surface area contributed by atoms with E-state index in [1.165, 1.54) is 11.8 Å². The fourth-order valence-corrected chi connectivity index (χ4v) is 2.95. The van der Waals surface area contributed by atoms with Crippen LogP contribution in [0.2, 0.25) is 0 Å². The number of hydrogen-bond acceptors (Lipinski definition) is 6. The molecule has 0 fully saturated rings. The molecule has 0 aliphatic heterocycles. The highest BCUT2D eigenvalue weighted by molar-refractivity contribution is 8.00. The smallest absolute Gasteiger partial charge is 0.338 e. The Labute approximate surface area is 174 Å². The molecule has 154 valence electrons. The van der Waals surface area contributed by atoms with Crippen LogP contribution in [0.4, 0.5) is 11.4 Å². The molecule has 7 nitrogen and oxygen atoms in total. The largest absolute Gasteiger partial charge is 0.494 e. The Morgan fingerprint density at radius 3 is 1.79 bits per heavy atom. The van der Waals surface area contributed by atoms with Gasteiger partial charge in [0, 0.05) is 11.4 Å². The Balaban J connectivity index is 1.70. The van der Waals surface area contributed by atoms with Crippen LogP contribution in [0, 0.1) is 0 Å². The summed E-state index contributed by atoms with van der Waals surface area (Å²) in [6.07, 6.45) is 0. The molecule has 0 spiro atoms. The van der Waals surface area contributed by atoms with E-state index in [1.807, 2.05) is 6.92 Å². The lowest BCUT2D eigenvalue weighted by Gasteiger charge is -2.08. The van der Waals surface area contributed by atoms with Gasteiger partial charge in [-0.1, -0.05) is 0 Å². The summed E-state index contributed by atoms with van der Waals surface area (Å²) in [6.45, 7) is 4.53. The molecule has 0 unspecified atom stereocenters. The predicted molar refractivity (Wildman–Crippen MR) is 115 cm³/mol. The van der Waals surface area contributed by atoms with Crippen molar-refractivity contribution in [2.24, 2.45) is 0 Å². The molecule has 0 aliphatic carbocycles. The quantitative estimate of drug-likeness (QED) is 0.575. The third kappa shape index (κ3) is 7.87. The molecule has 8 heteroatoms. The van der Waals surface area contributed by atoms with Gasteiger partial charge in [-0.15, -0.1) is 11.8 Å². The average molecular weight is 416 g/mol. The van der Waals surface area contributed by atoms with Gasteiger partial charge in [0.1, 0.15) is 5.75 Å². The zero-order valence-corrected chi connectivity index (χ0v) is 17.2. The summed E-state index contributed by atoms with van der Waals surface area (Å²) in [5.74, 6) is 0.212. The van der Waals surface area contributed by atoms with Crippen molar-refractivity contribution in [2.75, 3.05) is 35.4 Å². The monoisotopic (exact) mass is 416 g/mol. The van der Waals surface area contributed by atoms with E-state index in [0.717, 1.165) is 5.75 Å². The number of rotatable bonds is 10. The molecule has 2 aromatic rings. The number of benzene rings is 2. The molecule has 0 bridgehead atoms. The van der Waals surface area contributed by atoms with Crippen LogP contribution in [0.3, 0.4) is 0 Å². The van der Waals surface area contributed by atoms with E-state index >= 15 is 0 Å². The van der Waals surface area contributed by atoms with Crippen molar-refractivity contribution in [3.8, 4) is 5.75 Å². The number of hydrogen-bond donors (Lipinski definition) is 2. The SMILES string of the molecule is CCOC(=O)c1ccc(NC(=O)CSCC(=O)Nc2ccc(OCC)cc2)cc1. The third-order valence-corrected chi connectivity index (χ3v) is 4.53. The highest BCUT2D eigenvalue weighted by Crippen LogP contribution is 2.16. The fraction of sp³-hybridized carbons (Fsp3) is 0.286. The van der Waals surface area contributed by atoms with Crippen molar-refractivity contribution in [1.29, 1.82) is 0 Å². The van der Waals surface area contributed by atoms with E-state index in [9.17, 15) is 14.4 Å².